The zero-order chi connectivity index (χ0) is 18.8. The van der Waals surface area contributed by atoms with E-state index in [0.717, 1.165) is 0 Å². The Morgan fingerprint density at radius 3 is 0.933 bits per heavy atom. The minimum atomic E-state index is 0. The van der Waals surface area contributed by atoms with Gasteiger partial charge in [0.15, 0.2) is 24.8 Å². The van der Waals surface area contributed by atoms with Crippen LogP contribution in [-0.4, -0.2) is 0 Å². The first-order chi connectivity index (χ1) is 13.9. The van der Waals surface area contributed by atoms with Gasteiger partial charge in [-0.2, -0.15) is 0 Å². The van der Waals surface area contributed by atoms with Crippen LogP contribution in [0.3, 0.4) is 0 Å². The molecule has 4 atom stereocenters. The van der Waals surface area contributed by atoms with Gasteiger partial charge in [0.05, 0.1) is 0 Å². The molecule has 0 amide bonds. The highest BCUT2D eigenvalue weighted by Crippen LogP contribution is 2.66. The van der Waals surface area contributed by atoms with Crippen molar-refractivity contribution < 1.29 is 34.8 Å². The van der Waals surface area contributed by atoms with Gasteiger partial charge in [-0.05, 0) is 45.9 Å². The van der Waals surface area contributed by atoms with Gasteiger partial charge in [-0.1, -0.05) is 60.7 Å². The Hall–Kier alpha value is -2.68. The Labute approximate surface area is 190 Å². The summed E-state index contributed by atoms with van der Waals surface area (Å²) in [4.78, 5) is 6.37. The maximum absolute atomic E-state index is 3.18. The molecule has 30 heavy (non-hydrogen) atoms. The van der Waals surface area contributed by atoms with Crippen molar-refractivity contribution in [1.82, 2.24) is 0 Å². The van der Waals surface area contributed by atoms with Crippen LogP contribution in [0.15, 0.2) is 110 Å². The number of aromatic amines is 2. The molecule has 0 radical (unpaired) electrons. The predicted molar refractivity (Wildman–Crippen MR) is 110 cm³/mol. The Morgan fingerprint density at radius 1 is 0.367 bits per heavy atom. The molecule has 4 heteroatoms. The van der Waals surface area contributed by atoms with E-state index in [2.05, 4.69) is 94.9 Å². The molecule has 1 aliphatic carbocycles. The minimum absolute atomic E-state index is 0. The van der Waals surface area contributed by atoms with Crippen molar-refractivity contribution in [2.75, 3.05) is 0 Å². The number of hydrogen-bond donors (Lipinski definition) is 0. The van der Waals surface area contributed by atoms with E-state index in [1.165, 1.54) is 22.3 Å². The Morgan fingerprint density at radius 2 is 0.633 bits per heavy atom. The molecule has 0 saturated heterocycles. The number of benzene rings is 2. The van der Waals surface area contributed by atoms with Gasteiger partial charge in [-0.15, -0.1) is 0 Å². The van der Waals surface area contributed by atoms with Crippen molar-refractivity contribution in [2.24, 2.45) is 0 Å². The average Bonchev–Trinajstić information content (AvgIpc) is 2.76. The van der Waals surface area contributed by atoms with Crippen LogP contribution in [0.1, 0.15) is 45.9 Å². The zero-order valence-electron chi connectivity index (χ0n) is 16.5. The second-order valence-corrected chi connectivity index (χ2v) is 7.59. The fourth-order valence-corrected chi connectivity index (χ4v) is 5.00. The number of halogens is 2. The molecule has 1 fully saturated rings. The Kier molecular flexibility index (Phi) is 7.25. The number of aromatic nitrogens is 2. The molecule has 2 aromatic heterocycles. The van der Waals surface area contributed by atoms with Crippen LogP contribution in [0.4, 0.5) is 0 Å². The van der Waals surface area contributed by atoms with Crippen molar-refractivity contribution in [3.8, 4) is 0 Å². The smallest absolute Gasteiger partial charge is 0.167 e. The van der Waals surface area contributed by atoms with Crippen LogP contribution < -0.4 is 34.8 Å². The number of pyridine rings is 2. The van der Waals surface area contributed by atoms with Crippen molar-refractivity contribution in [1.29, 1.82) is 0 Å². The second-order valence-electron chi connectivity index (χ2n) is 7.59. The van der Waals surface area contributed by atoms with Crippen LogP contribution >= 0.6 is 0 Å². The van der Waals surface area contributed by atoms with Gasteiger partial charge in [0, 0.05) is 24.3 Å². The summed E-state index contributed by atoms with van der Waals surface area (Å²) in [5.74, 6) is 1.81. The molecule has 4 aromatic rings. The first kappa shape index (κ1) is 22.0. The number of rotatable bonds is 4. The van der Waals surface area contributed by atoms with Crippen LogP contribution in [0.5, 0.6) is 0 Å². The lowest BCUT2D eigenvalue weighted by Gasteiger charge is -2.53. The fraction of sp³-hybridized carbons (Fsp3) is 0.154. The summed E-state index contributed by atoms with van der Waals surface area (Å²) in [6.45, 7) is 0. The maximum Gasteiger partial charge on any atom is 0.167 e. The largest absolute Gasteiger partial charge is 1.00 e. The third kappa shape index (κ3) is 3.98. The molecular formula is C26H24Cl2N2. The summed E-state index contributed by atoms with van der Waals surface area (Å²) >= 11 is 0. The normalized spacial score (nSPS) is 22.1. The third-order valence-corrected chi connectivity index (χ3v) is 6.17. The summed E-state index contributed by atoms with van der Waals surface area (Å²) in [5.41, 5.74) is 5.65. The summed E-state index contributed by atoms with van der Waals surface area (Å²) in [6, 6.07) is 31.0. The fourth-order valence-electron chi connectivity index (χ4n) is 5.00. The van der Waals surface area contributed by atoms with E-state index in [1.54, 1.807) is 0 Å². The molecule has 2 N–H and O–H groups in total. The molecule has 5 rings (SSSR count). The van der Waals surface area contributed by atoms with Crippen LogP contribution in [0.25, 0.3) is 0 Å². The Bertz CT molecular complexity index is 846. The van der Waals surface area contributed by atoms with Gasteiger partial charge < -0.3 is 24.8 Å². The standard InChI is InChI=1S/C26H22N2.2ClH/c1-3-7-19(8-4-1)23-24(20-9-5-2-6-10-20)26(22-13-17-28-18-14-22)25(23)21-11-15-27-16-12-21;;/h1-18,23-26H;2*1H/t23-,24+,25?,26?;;. The predicted octanol–water partition coefficient (Wildman–Crippen LogP) is -1.23. The van der Waals surface area contributed by atoms with Crippen LogP contribution in [-0.2, 0) is 0 Å². The third-order valence-electron chi connectivity index (χ3n) is 6.17. The van der Waals surface area contributed by atoms with Crippen molar-refractivity contribution >= 4 is 0 Å². The highest BCUT2D eigenvalue weighted by Gasteiger charge is 2.52. The average molecular weight is 435 g/mol. The Balaban J connectivity index is 0.00000128. The lowest BCUT2D eigenvalue weighted by molar-refractivity contribution is -0.378. The van der Waals surface area contributed by atoms with Crippen molar-refractivity contribution in [2.45, 2.75) is 23.7 Å². The molecule has 0 aliphatic heterocycles. The summed E-state index contributed by atoms with van der Waals surface area (Å²) in [7, 11) is 0. The van der Waals surface area contributed by atoms with E-state index in [-0.39, 0.29) is 24.8 Å². The molecule has 1 aliphatic rings. The molecule has 2 aromatic carbocycles. The van der Waals surface area contributed by atoms with Gasteiger partial charge in [-0.3, -0.25) is 0 Å². The summed E-state index contributed by atoms with van der Waals surface area (Å²) in [6.07, 6.45) is 8.18. The topological polar surface area (TPSA) is 28.3 Å². The first-order valence-corrected chi connectivity index (χ1v) is 9.95. The van der Waals surface area contributed by atoms with Crippen LogP contribution in [0, 0.1) is 0 Å². The van der Waals surface area contributed by atoms with E-state index < -0.39 is 0 Å². The monoisotopic (exact) mass is 434 g/mol. The van der Waals surface area contributed by atoms with Gasteiger partial charge >= 0.3 is 0 Å². The molecule has 0 spiro atoms. The lowest BCUT2D eigenvalue weighted by atomic mass is 9.49. The molecule has 1 saturated carbocycles. The zero-order valence-corrected chi connectivity index (χ0v) is 18.0. The number of hydrogen-bond acceptors (Lipinski definition) is 0. The molecular weight excluding hydrogens is 411 g/mol. The SMILES string of the molecule is [Cl-].[Cl-].c1ccc([C@@H]2C(c3cc[nH+]cc3)C(c3cc[nH+]cc3)[C@@H]2c2ccccc2)cc1. The molecule has 0 bridgehead atoms. The molecule has 2 heterocycles. The number of H-pyrrole nitrogens is 2. The first-order valence-electron chi connectivity index (χ1n) is 9.95. The minimum Gasteiger partial charge on any atom is -1.00 e. The quantitative estimate of drug-likeness (QED) is 0.384. The van der Waals surface area contributed by atoms with Crippen molar-refractivity contribution in [3.63, 3.8) is 0 Å². The van der Waals surface area contributed by atoms with E-state index in [9.17, 15) is 0 Å². The maximum atomic E-state index is 3.18. The van der Waals surface area contributed by atoms with Crippen molar-refractivity contribution in [3.05, 3.63) is 132 Å². The van der Waals surface area contributed by atoms with Gasteiger partial charge in [0.25, 0.3) is 0 Å². The van der Waals surface area contributed by atoms with E-state index in [4.69, 9.17) is 0 Å². The van der Waals surface area contributed by atoms with E-state index in [0.29, 0.717) is 23.7 Å². The van der Waals surface area contributed by atoms with Gasteiger partial charge in [0.2, 0.25) is 0 Å². The molecule has 2 unspecified atom stereocenters. The second kappa shape index (κ2) is 9.88. The highest BCUT2D eigenvalue weighted by atomic mass is 35.5. The van der Waals surface area contributed by atoms with Gasteiger partial charge in [0.1, 0.15) is 0 Å². The summed E-state index contributed by atoms with van der Waals surface area (Å²) in [5, 5.41) is 0. The lowest BCUT2D eigenvalue weighted by Crippen LogP contribution is -3.00. The summed E-state index contributed by atoms with van der Waals surface area (Å²) < 4.78 is 0. The van der Waals surface area contributed by atoms with Crippen LogP contribution in [0.2, 0.25) is 0 Å². The van der Waals surface area contributed by atoms with Gasteiger partial charge in [-0.25, -0.2) is 9.97 Å². The van der Waals surface area contributed by atoms with E-state index >= 15 is 0 Å². The van der Waals surface area contributed by atoms with E-state index in [1.807, 2.05) is 24.8 Å². The highest BCUT2D eigenvalue weighted by molar-refractivity contribution is 5.47. The number of nitrogens with one attached hydrogen (secondary N) is 2. The molecule has 152 valence electrons. The molecule has 2 nitrogen and oxygen atoms in total.